The van der Waals surface area contributed by atoms with Crippen molar-refractivity contribution in [3.63, 3.8) is 0 Å². The highest BCUT2D eigenvalue weighted by atomic mass is 32.2. The number of carboxylic acids is 1. The highest BCUT2D eigenvalue weighted by Gasteiger charge is 2.50. The van der Waals surface area contributed by atoms with Crippen LogP contribution in [0.25, 0.3) is 0 Å². The van der Waals surface area contributed by atoms with E-state index in [2.05, 4.69) is 24.5 Å². The van der Waals surface area contributed by atoms with Gasteiger partial charge < -0.3 is 20.5 Å². The number of carbonyl (C=O) groups is 1. The maximum atomic E-state index is 13.2. The Balaban J connectivity index is 1.41. The van der Waals surface area contributed by atoms with Crippen LogP contribution >= 0.6 is 0 Å². The molecule has 1 aliphatic carbocycles. The smallest absolute Gasteiger partial charge is 0.329 e. The summed E-state index contributed by atoms with van der Waals surface area (Å²) in [5.41, 5.74) is 2.67. The predicted octanol–water partition coefficient (Wildman–Crippen LogP) is 3.57. The van der Waals surface area contributed by atoms with Crippen LogP contribution in [0, 0.1) is 0 Å². The summed E-state index contributed by atoms with van der Waals surface area (Å²) in [6.07, 6.45) is 2.03. The lowest BCUT2D eigenvalue weighted by Crippen LogP contribution is -2.40. The van der Waals surface area contributed by atoms with Crippen molar-refractivity contribution in [3.05, 3.63) is 53.6 Å². The number of benzene rings is 2. The second kappa shape index (κ2) is 8.25. The number of morpholine rings is 1. The fraction of sp³-hybridized carbons (Fsp3) is 0.480. The Labute approximate surface area is 200 Å². The normalized spacial score (nSPS) is 23.4. The monoisotopic (exact) mass is 485 g/mol. The Bertz CT molecular complexity index is 1220. The van der Waals surface area contributed by atoms with Gasteiger partial charge in [-0.05, 0) is 66.1 Å². The predicted molar refractivity (Wildman–Crippen MR) is 130 cm³/mol. The molecular formula is C25H31N3O5S. The van der Waals surface area contributed by atoms with Crippen LogP contribution in [0.4, 0.5) is 11.4 Å². The lowest BCUT2D eigenvalue weighted by atomic mass is 9.74. The second-order valence-electron chi connectivity index (χ2n) is 10.1. The SMILES string of the molecule is CC1(C)CC(c2cccc(NC3(C(=O)O)CC3)c2)Nc2ccc(S(=O)(=O)N3CCOCC3)cc21. The molecule has 1 saturated carbocycles. The average Bonchev–Trinajstić information content (AvgIpc) is 3.60. The van der Waals surface area contributed by atoms with E-state index in [-0.39, 0.29) is 11.5 Å². The Hall–Kier alpha value is -2.62. The first-order valence-corrected chi connectivity index (χ1v) is 13.2. The molecule has 2 fully saturated rings. The number of aliphatic carboxylic acids is 1. The molecule has 9 heteroatoms. The number of anilines is 2. The standard InChI is InChI=1S/C25H31N3O5S/c1-24(2)16-22(17-4-3-5-18(14-17)27-25(8-9-25)23(29)30)26-21-7-6-19(15-20(21)24)34(31,32)28-10-12-33-13-11-28/h3-7,14-15,22,26-27H,8-13,16H2,1-2H3,(H,29,30). The maximum Gasteiger partial charge on any atom is 0.329 e. The minimum atomic E-state index is -3.57. The van der Waals surface area contributed by atoms with Gasteiger partial charge in [0.05, 0.1) is 24.2 Å². The molecule has 1 saturated heterocycles. The highest BCUT2D eigenvalue weighted by molar-refractivity contribution is 7.89. The molecule has 182 valence electrons. The van der Waals surface area contributed by atoms with E-state index in [1.165, 1.54) is 4.31 Å². The average molecular weight is 486 g/mol. The molecule has 2 aliphatic heterocycles. The van der Waals surface area contributed by atoms with E-state index < -0.39 is 21.5 Å². The lowest BCUT2D eigenvalue weighted by molar-refractivity contribution is -0.138. The van der Waals surface area contributed by atoms with E-state index in [0.717, 1.165) is 28.9 Å². The highest BCUT2D eigenvalue weighted by Crippen LogP contribution is 2.46. The zero-order valence-electron chi connectivity index (χ0n) is 19.5. The molecule has 2 aromatic carbocycles. The van der Waals surface area contributed by atoms with Gasteiger partial charge in [-0.1, -0.05) is 26.0 Å². The molecule has 1 atom stereocenters. The van der Waals surface area contributed by atoms with Gasteiger partial charge >= 0.3 is 5.97 Å². The third-order valence-electron chi connectivity index (χ3n) is 7.20. The molecule has 1 unspecified atom stereocenters. The van der Waals surface area contributed by atoms with Crippen molar-refractivity contribution >= 4 is 27.4 Å². The van der Waals surface area contributed by atoms with E-state index in [9.17, 15) is 18.3 Å². The number of carboxylic acid groups (broad SMARTS) is 1. The summed E-state index contributed by atoms with van der Waals surface area (Å²) in [5.74, 6) is -0.813. The topological polar surface area (TPSA) is 108 Å². The van der Waals surface area contributed by atoms with Crippen molar-refractivity contribution in [3.8, 4) is 0 Å². The summed E-state index contributed by atoms with van der Waals surface area (Å²) in [6.45, 7) is 5.85. The second-order valence-corrected chi connectivity index (χ2v) is 12.1. The van der Waals surface area contributed by atoms with Crippen molar-refractivity contribution in [2.75, 3.05) is 36.9 Å². The first-order valence-electron chi connectivity index (χ1n) is 11.7. The van der Waals surface area contributed by atoms with Crippen LogP contribution in [-0.2, 0) is 25.0 Å². The van der Waals surface area contributed by atoms with E-state index in [0.29, 0.717) is 44.0 Å². The Kier molecular flexibility index (Phi) is 5.61. The van der Waals surface area contributed by atoms with Crippen LogP contribution in [0.15, 0.2) is 47.4 Å². The first-order chi connectivity index (χ1) is 16.1. The zero-order chi connectivity index (χ0) is 24.1. The summed E-state index contributed by atoms with van der Waals surface area (Å²) in [5, 5.41) is 16.3. The quantitative estimate of drug-likeness (QED) is 0.574. The van der Waals surface area contributed by atoms with Gasteiger partial charge in [0.1, 0.15) is 5.54 Å². The third kappa shape index (κ3) is 4.16. The fourth-order valence-corrected chi connectivity index (χ4v) is 6.43. The van der Waals surface area contributed by atoms with Gasteiger partial charge in [-0.3, -0.25) is 0 Å². The van der Waals surface area contributed by atoms with Crippen LogP contribution < -0.4 is 10.6 Å². The maximum absolute atomic E-state index is 13.2. The summed E-state index contributed by atoms with van der Waals surface area (Å²) in [7, 11) is -3.57. The van der Waals surface area contributed by atoms with E-state index in [4.69, 9.17) is 4.74 Å². The summed E-state index contributed by atoms with van der Waals surface area (Å²) < 4.78 is 33.2. The molecule has 2 heterocycles. The van der Waals surface area contributed by atoms with Gasteiger partial charge in [0.15, 0.2) is 0 Å². The number of rotatable bonds is 6. The van der Waals surface area contributed by atoms with Gasteiger partial charge in [-0.25, -0.2) is 13.2 Å². The zero-order valence-corrected chi connectivity index (χ0v) is 20.3. The fourth-order valence-electron chi connectivity index (χ4n) is 4.99. The molecule has 8 nitrogen and oxygen atoms in total. The minimum Gasteiger partial charge on any atom is -0.480 e. The number of fused-ring (bicyclic) bond motifs is 1. The van der Waals surface area contributed by atoms with Gasteiger partial charge in [0.25, 0.3) is 0 Å². The molecule has 0 bridgehead atoms. The van der Waals surface area contributed by atoms with E-state index in [1.807, 2.05) is 36.4 Å². The molecule has 0 amide bonds. The molecule has 0 spiro atoms. The molecule has 0 radical (unpaired) electrons. The molecule has 3 aliphatic rings. The lowest BCUT2D eigenvalue weighted by Gasteiger charge is -2.39. The number of hydrogen-bond acceptors (Lipinski definition) is 6. The van der Waals surface area contributed by atoms with Crippen LogP contribution in [0.3, 0.4) is 0 Å². The summed E-state index contributed by atoms with van der Waals surface area (Å²) in [6, 6.07) is 13.3. The Morgan fingerprint density at radius 1 is 1.15 bits per heavy atom. The van der Waals surface area contributed by atoms with E-state index in [1.54, 1.807) is 6.07 Å². The minimum absolute atomic E-state index is 0.0194. The van der Waals surface area contributed by atoms with Crippen molar-refractivity contribution in [1.29, 1.82) is 0 Å². The Morgan fingerprint density at radius 3 is 2.56 bits per heavy atom. The number of nitrogens with zero attached hydrogens (tertiary/aromatic N) is 1. The molecule has 0 aromatic heterocycles. The van der Waals surface area contributed by atoms with Gasteiger partial charge in [0.2, 0.25) is 10.0 Å². The van der Waals surface area contributed by atoms with Gasteiger partial charge in [-0.15, -0.1) is 0 Å². The van der Waals surface area contributed by atoms with Crippen molar-refractivity contribution in [2.24, 2.45) is 0 Å². The first kappa shape index (κ1) is 23.1. The van der Waals surface area contributed by atoms with Crippen LogP contribution in [0.5, 0.6) is 0 Å². The number of sulfonamides is 1. The molecule has 3 N–H and O–H groups in total. The van der Waals surface area contributed by atoms with Crippen molar-refractivity contribution < 1.29 is 23.1 Å². The van der Waals surface area contributed by atoms with Gasteiger partial charge in [0, 0.05) is 24.5 Å². The molecule has 2 aromatic rings. The van der Waals surface area contributed by atoms with Crippen LogP contribution in [0.2, 0.25) is 0 Å². The molecular weight excluding hydrogens is 454 g/mol. The largest absolute Gasteiger partial charge is 0.480 e. The number of ether oxygens (including phenoxy) is 1. The summed E-state index contributed by atoms with van der Waals surface area (Å²) >= 11 is 0. The number of hydrogen-bond donors (Lipinski definition) is 3. The summed E-state index contributed by atoms with van der Waals surface area (Å²) in [4.78, 5) is 11.9. The molecule has 34 heavy (non-hydrogen) atoms. The van der Waals surface area contributed by atoms with Gasteiger partial charge in [-0.2, -0.15) is 4.31 Å². The van der Waals surface area contributed by atoms with Crippen LogP contribution in [-0.4, -0.2) is 55.6 Å². The van der Waals surface area contributed by atoms with Crippen molar-refractivity contribution in [1.82, 2.24) is 4.31 Å². The Morgan fingerprint density at radius 2 is 1.88 bits per heavy atom. The van der Waals surface area contributed by atoms with Crippen LogP contribution in [0.1, 0.15) is 50.3 Å². The van der Waals surface area contributed by atoms with E-state index >= 15 is 0 Å². The number of nitrogens with one attached hydrogen (secondary N) is 2. The third-order valence-corrected chi connectivity index (χ3v) is 9.10. The van der Waals surface area contributed by atoms with Crippen molar-refractivity contribution in [2.45, 2.75) is 55.0 Å². The molecule has 5 rings (SSSR count).